The molecule has 0 bridgehead atoms. The van der Waals surface area contributed by atoms with Crippen molar-refractivity contribution in [2.24, 2.45) is 0 Å². The average molecular weight is 351 g/mol. The maximum absolute atomic E-state index is 12.6. The first-order valence-corrected chi connectivity index (χ1v) is 7.03. The van der Waals surface area contributed by atoms with Crippen molar-refractivity contribution in [1.29, 1.82) is 0 Å². The highest BCUT2D eigenvalue weighted by Gasteiger charge is 2.29. The molecule has 0 amide bonds. The van der Waals surface area contributed by atoms with E-state index in [2.05, 4.69) is 15.3 Å². The number of H-pyrrole nitrogens is 1. The molecule has 0 saturated heterocycles. The van der Waals surface area contributed by atoms with Gasteiger partial charge in [-0.15, -0.1) is 0 Å². The van der Waals surface area contributed by atoms with Crippen LogP contribution < -0.4 is 10.1 Å². The van der Waals surface area contributed by atoms with Crippen molar-refractivity contribution in [2.75, 3.05) is 12.4 Å². The van der Waals surface area contributed by atoms with Gasteiger partial charge in [-0.2, -0.15) is 13.2 Å². The quantitative estimate of drug-likeness (QED) is 0.660. The number of ether oxygens (including phenoxy) is 1. The predicted octanol–water partition coefficient (Wildman–Crippen LogP) is 4.03. The number of carboxylic acid groups (broad SMARTS) is 1. The third-order valence-corrected chi connectivity index (χ3v) is 3.51. The SMILES string of the molecule is COc1cc2nc(Nc3ccc(C(F)(F)F)cc3)[nH]c2cc1C(=O)O. The lowest BCUT2D eigenvalue weighted by Gasteiger charge is -2.07. The number of imidazole rings is 1. The number of fused-ring (bicyclic) bond motifs is 1. The zero-order valence-electron chi connectivity index (χ0n) is 12.8. The van der Waals surface area contributed by atoms with Crippen LogP contribution in [0.2, 0.25) is 0 Å². The molecular formula is C16H12F3N3O3. The summed E-state index contributed by atoms with van der Waals surface area (Å²) in [4.78, 5) is 18.3. The van der Waals surface area contributed by atoms with Gasteiger partial charge in [-0.25, -0.2) is 9.78 Å². The number of anilines is 2. The molecule has 0 atom stereocenters. The number of aromatic carboxylic acids is 1. The molecule has 0 aliphatic heterocycles. The number of benzene rings is 2. The maximum atomic E-state index is 12.6. The van der Waals surface area contributed by atoms with Gasteiger partial charge in [0.25, 0.3) is 0 Å². The second-order valence-corrected chi connectivity index (χ2v) is 5.16. The van der Waals surface area contributed by atoms with Crippen LogP contribution in [0.15, 0.2) is 36.4 Å². The standard InChI is InChI=1S/C16H12F3N3O3/c1-25-13-7-12-11(6-10(13)14(23)24)21-15(22-12)20-9-4-2-8(3-5-9)16(17,18)19/h2-7H,1H3,(H,23,24)(H2,20,21,22). The summed E-state index contributed by atoms with van der Waals surface area (Å²) in [5.74, 6) is -0.725. The number of nitrogens with zero attached hydrogens (tertiary/aromatic N) is 1. The monoisotopic (exact) mass is 351 g/mol. The number of methoxy groups -OCH3 is 1. The number of alkyl halides is 3. The van der Waals surface area contributed by atoms with Crippen LogP contribution in [0.5, 0.6) is 5.75 Å². The smallest absolute Gasteiger partial charge is 0.416 e. The lowest BCUT2D eigenvalue weighted by molar-refractivity contribution is -0.137. The Morgan fingerprint density at radius 3 is 2.48 bits per heavy atom. The largest absolute Gasteiger partial charge is 0.496 e. The minimum atomic E-state index is -4.40. The normalized spacial score (nSPS) is 11.5. The molecule has 2 aromatic carbocycles. The van der Waals surface area contributed by atoms with E-state index in [0.29, 0.717) is 16.7 Å². The topological polar surface area (TPSA) is 87.2 Å². The molecule has 0 aliphatic rings. The van der Waals surface area contributed by atoms with Crippen molar-refractivity contribution < 1.29 is 27.8 Å². The Morgan fingerprint density at radius 2 is 1.92 bits per heavy atom. The lowest BCUT2D eigenvalue weighted by Crippen LogP contribution is -2.04. The molecule has 9 heteroatoms. The molecular weight excluding hydrogens is 339 g/mol. The van der Waals surface area contributed by atoms with Crippen LogP contribution in [0, 0.1) is 0 Å². The first-order chi connectivity index (χ1) is 11.8. The van der Waals surface area contributed by atoms with Crippen LogP contribution in [0.3, 0.4) is 0 Å². The minimum absolute atomic E-state index is 0.0280. The van der Waals surface area contributed by atoms with Crippen molar-refractivity contribution in [2.45, 2.75) is 6.18 Å². The number of carbonyl (C=O) groups is 1. The van der Waals surface area contributed by atoms with Crippen molar-refractivity contribution in [3.05, 3.63) is 47.5 Å². The Kier molecular flexibility index (Phi) is 3.99. The van der Waals surface area contributed by atoms with Gasteiger partial charge >= 0.3 is 12.1 Å². The molecule has 3 rings (SSSR count). The fourth-order valence-electron chi connectivity index (χ4n) is 2.31. The Morgan fingerprint density at radius 1 is 1.24 bits per heavy atom. The number of rotatable bonds is 4. The van der Waals surface area contributed by atoms with Gasteiger partial charge in [-0.1, -0.05) is 0 Å². The van der Waals surface area contributed by atoms with Crippen LogP contribution in [-0.4, -0.2) is 28.2 Å². The van der Waals surface area contributed by atoms with Crippen LogP contribution in [0.4, 0.5) is 24.8 Å². The molecule has 1 aromatic heterocycles. The molecule has 0 spiro atoms. The molecule has 0 unspecified atom stereocenters. The highest BCUT2D eigenvalue weighted by Crippen LogP contribution is 2.31. The fourth-order valence-corrected chi connectivity index (χ4v) is 2.31. The van der Waals surface area contributed by atoms with E-state index in [4.69, 9.17) is 9.84 Å². The van der Waals surface area contributed by atoms with Gasteiger partial charge in [0.05, 0.1) is 23.7 Å². The second-order valence-electron chi connectivity index (χ2n) is 5.16. The second kappa shape index (κ2) is 6.00. The van der Waals surface area contributed by atoms with Gasteiger partial charge in [0.2, 0.25) is 5.95 Å². The third-order valence-electron chi connectivity index (χ3n) is 3.51. The van der Waals surface area contributed by atoms with E-state index in [1.54, 1.807) is 0 Å². The Bertz CT molecular complexity index is 933. The van der Waals surface area contributed by atoms with E-state index < -0.39 is 17.7 Å². The minimum Gasteiger partial charge on any atom is -0.496 e. The van der Waals surface area contributed by atoms with Gasteiger partial charge in [0.15, 0.2) is 0 Å². The number of aromatic nitrogens is 2. The zero-order valence-corrected chi connectivity index (χ0v) is 12.8. The maximum Gasteiger partial charge on any atom is 0.416 e. The number of hydrogen-bond acceptors (Lipinski definition) is 4. The predicted molar refractivity (Wildman–Crippen MR) is 84.3 cm³/mol. The van der Waals surface area contributed by atoms with E-state index in [1.165, 1.54) is 31.4 Å². The van der Waals surface area contributed by atoms with Gasteiger partial charge in [0, 0.05) is 11.8 Å². The summed E-state index contributed by atoms with van der Waals surface area (Å²) < 4.78 is 42.7. The van der Waals surface area contributed by atoms with E-state index in [0.717, 1.165) is 12.1 Å². The number of aromatic amines is 1. The Hall–Kier alpha value is -3.23. The fraction of sp³-hybridized carbons (Fsp3) is 0.125. The summed E-state index contributed by atoms with van der Waals surface area (Å²) in [5.41, 5.74) is 0.527. The number of nitrogens with one attached hydrogen (secondary N) is 2. The molecule has 3 aromatic rings. The molecule has 0 saturated carbocycles. The van der Waals surface area contributed by atoms with Crippen molar-refractivity contribution in [1.82, 2.24) is 9.97 Å². The molecule has 6 nitrogen and oxygen atoms in total. The highest BCUT2D eigenvalue weighted by atomic mass is 19.4. The van der Waals surface area contributed by atoms with Gasteiger partial charge in [-0.05, 0) is 30.3 Å². The van der Waals surface area contributed by atoms with Crippen molar-refractivity contribution in [3.8, 4) is 5.75 Å². The van der Waals surface area contributed by atoms with Crippen molar-refractivity contribution >= 4 is 28.6 Å². The Balaban J connectivity index is 1.90. The molecule has 0 fully saturated rings. The van der Waals surface area contributed by atoms with E-state index >= 15 is 0 Å². The molecule has 0 aliphatic carbocycles. The zero-order chi connectivity index (χ0) is 18.2. The van der Waals surface area contributed by atoms with Crippen LogP contribution >= 0.6 is 0 Å². The van der Waals surface area contributed by atoms with Crippen LogP contribution in [0.25, 0.3) is 11.0 Å². The summed E-state index contributed by atoms with van der Waals surface area (Å²) in [5, 5.41) is 12.0. The first-order valence-electron chi connectivity index (χ1n) is 7.03. The summed E-state index contributed by atoms with van der Waals surface area (Å²) in [6.45, 7) is 0. The van der Waals surface area contributed by atoms with Crippen LogP contribution in [-0.2, 0) is 6.18 Å². The molecule has 3 N–H and O–H groups in total. The van der Waals surface area contributed by atoms with E-state index in [-0.39, 0.29) is 17.3 Å². The number of hydrogen-bond donors (Lipinski definition) is 3. The van der Waals surface area contributed by atoms with E-state index in [1.807, 2.05) is 0 Å². The lowest BCUT2D eigenvalue weighted by atomic mass is 10.2. The summed E-state index contributed by atoms with van der Waals surface area (Å²) in [6.07, 6.45) is -4.40. The van der Waals surface area contributed by atoms with Crippen LogP contribution in [0.1, 0.15) is 15.9 Å². The third kappa shape index (κ3) is 3.35. The highest BCUT2D eigenvalue weighted by molar-refractivity contribution is 5.96. The number of carboxylic acids is 1. The van der Waals surface area contributed by atoms with Crippen molar-refractivity contribution in [3.63, 3.8) is 0 Å². The van der Waals surface area contributed by atoms with Gasteiger partial charge in [0.1, 0.15) is 11.3 Å². The first kappa shape index (κ1) is 16.6. The summed E-state index contributed by atoms with van der Waals surface area (Å²) in [7, 11) is 1.35. The van der Waals surface area contributed by atoms with Gasteiger partial charge < -0.3 is 20.1 Å². The number of halogens is 3. The van der Waals surface area contributed by atoms with Gasteiger partial charge in [-0.3, -0.25) is 0 Å². The molecule has 25 heavy (non-hydrogen) atoms. The Labute approximate surface area is 139 Å². The van der Waals surface area contributed by atoms with E-state index in [9.17, 15) is 18.0 Å². The summed E-state index contributed by atoms with van der Waals surface area (Å²) >= 11 is 0. The molecule has 130 valence electrons. The summed E-state index contributed by atoms with van der Waals surface area (Å²) in [6, 6.07) is 7.31. The average Bonchev–Trinajstić information content (AvgIpc) is 2.94. The molecule has 1 heterocycles. The molecule has 0 radical (unpaired) electrons.